The van der Waals surface area contributed by atoms with Crippen LogP contribution >= 0.6 is 19.4 Å². The van der Waals surface area contributed by atoms with E-state index in [9.17, 15) is 13.6 Å². The molecule has 0 radical (unpaired) electrons. The van der Waals surface area contributed by atoms with Crippen molar-refractivity contribution in [3.63, 3.8) is 0 Å². The first-order chi connectivity index (χ1) is 15.0. The van der Waals surface area contributed by atoms with Gasteiger partial charge in [0.2, 0.25) is 5.91 Å². The third-order valence-electron chi connectivity index (χ3n) is 6.13. The number of carbonyl (C=O) groups excluding carboxylic acids is 1. The lowest BCUT2D eigenvalue weighted by atomic mass is 10.0. The van der Waals surface area contributed by atoms with E-state index < -0.39 is 7.68 Å². The Morgan fingerprint density at radius 3 is 2.42 bits per heavy atom. The van der Waals surface area contributed by atoms with Gasteiger partial charge in [-0.05, 0) is 25.7 Å². The van der Waals surface area contributed by atoms with Crippen molar-refractivity contribution < 1.29 is 18.1 Å². The molecule has 2 aliphatic rings. The maximum Gasteiger partial charge on any atom is 0.364 e. The van der Waals surface area contributed by atoms with Crippen molar-refractivity contribution in [2.45, 2.75) is 101 Å². The minimum atomic E-state index is -3.80. The number of nitrogens with one attached hydrogen (secondary N) is 3. The number of hydrogen-bond donors (Lipinski definition) is 3. The summed E-state index contributed by atoms with van der Waals surface area (Å²) in [5, 5.41) is 10.8. The fraction of sp³-hybridized carbons (Fsp3) is 0.955. The van der Waals surface area contributed by atoms with Crippen molar-refractivity contribution in [2.75, 3.05) is 32.2 Å². The summed E-state index contributed by atoms with van der Waals surface area (Å²) in [4.78, 5) is 12.0. The van der Waals surface area contributed by atoms with Gasteiger partial charge in [0.1, 0.15) is 0 Å². The van der Waals surface area contributed by atoms with E-state index in [4.69, 9.17) is 0 Å². The van der Waals surface area contributed by atoms with E-state index in [1.165, 1.54) is 44.3 Å². The first kappa shape index (κ1) is 27.1. The molecule has 182 valence electrons. The number of carbonyl (C=O) groups is 1. The Morgan fingerprint density at radius 1 is 1.03 bits per heavy atom. The van der Waals surface area contributed by atoms with Crippen molar-refractivity contribution in [1.29, 1.82) is 0 Å². The maximum atomic E-state index is 12.7. The molecule has 2 fully saturated rings. The Balaban J connectivity index is 1.28. The molecule has 2 aliphatic heterocycles. The smallest absolute Gasteiger partial charge is 0.356 e. The molecule has 0 aliphatic carbocycles. The molecule has 2 heterocycles. The highest BCUT2D eigenvalue weighted by Gasteiger charge is 2.38. The molecule has 4 atom stereocenters. The van der Waals surface area contributed by atoms with Gasteiger partial charge in [-0.3, -0.25) is 20.0 Å². The zero-order valence-corrected chi connectivity index (χ0v) is 20.9. The summed E-state index contributed by atoms with van der Waals surface area (Å²) in [6.07, 6.45) is 14.0. The molecule has 1 amide bonds. The summed E-state index contributed by atoms with van der Waals surface area (Å²) in [6, 6.07) is 1.27. The number of fused-ring (bicyclic) bond motifs is 1. The summed E-state index contributed by atoms with van der Waals surface area (Å²) in [5.74, 6) is 1.41. The van der Waals surface area contributed by atoms with Gasteiger partial charge in [-0.15, -0.1) is 0 Å². The van der Waals surface area contributed by atoms with Gasteiger partial charge in [0.05, 0.1) is 6.61 Å². The summed E-state index contributed by atoms with van der Waals surface area (Å²) in [7, 11) is -3.80. The Kier molecular flexibility index (Phi) is 13.7. The topological polar surface area (TPSA) is 79.5 Å². The fourth-order valence-corrected chi connectivity index (χ4v) is 6.42. The summed E-state index contributed by atoms with van der Waals surface area (Å²) < 4.78 is 28.1. The average Bonchev–Trinajstić information content (AvgIpc) is 3.32. The van der Waals surface area contributed by atoms with Crippen LogP contribution in [-0.2, 0) is 13.9 Å². The van der Waals surface area contributed by atoms with Crippen LogP contribution in [-0.4, -0.2) is 55.5 Å². The van der Waals surface area contributed by atoms with Crippen molar-refractivity contribution in [1.82, 2.24) is 16.0 Å². The molecule has 6 nitrogen and oxygen atoms in total. The first-order valence-electron chi connectivity index (χ1n) is 12.2. The van der Waals surface area contributed by atoms with Crippen LogP contribution in [0.1, 0.15) is 83.5 Å². The number of unbranched alkanes of at least 4 members (excludes halogenated alkanes) is 9. The second-order valence-corrected chi connectivity index (χ2v) is 12.0. The van der Waals surface area contributed by atoms with Crippen LogP contribution in [0.3, 0.4) is 0 Å². The third-order valence-corrected chi connectivity index (χ3v) is 8.29. The van der Waals surface area contributed by atoms with Gasteiger partial charge in [0.15, 0.2) is 0 Å². The molecule has 2 rings (SSSR count). The number of rotatable bonds is 18. The van der Waals surface area contributed by atoms with Gasteiger partial charge < -0.3 is 9.84 Å². The number of halogens is 1. The molecular formula is C22H43FN3O3PS. The molecule has 2 saturated heterocycles. The molecule has 4 unspecified atom stereocenters. The van der Waals surface area contributed by atoms with Gasteiger partial charge in [-0.25, -0.2) is 0 Å². The molecule has 31 heavy (non-hydrogen) atoms. The van der Waals surface area contributed by atoms with E-state index in [0.717, 1.165) is 58.4 Å². The molecule has 0 aromatic heterocycles. The zero-order chi connectivity index (χ0) is 22.4. The quantitative estimate of drug-likeness (QED) is 0.190. The van der Waals surface area contributed by atoms with E-state index in [1.54, 1.807) is 0 Å². The largest absolute Gasteiger partial charge is 0.364 e. The van der Waals surface area contributed by atoms with Crippen LogP contribution in [0.4, 0.5) is 4.20 Å². The number of thioether (sulfide) groups is 1. The third kappa shape index (κ3) is 12.6. The monoisotopic (exact) mass is 479 g/mol. The first-order valence-corrected chi connectivity index (χ1v) is 15.2. The highest BCUT2D eigenvalue weighted by molar-refractivity contribution is 8.00. The van der Waals surface area contributed by atoms with Gasteiger partial charge >= 0.3 is 7.68 Å². The van der Waals surface area contributed by atoms with Crippen LogP contribution in [0.2, 0.25) is 0 Å². The van der Waals surface area contributed by atoms with Crippen LogP contribution in [0.25, 0.3) is 0 Å². The Labute approximate surface area is 192 Å². The normalized spacial score (nSPS) is 24.8. The highest BCUT2D eigenvalue weighted by atomic mass is 32.2. The molecule has 0 bridgehead atoms. The van der Waals surface area contributed by atoms with E-state index in [0.29, 0.717) is 23.8 Å². The second-order valence-electron chi connectivity index (χ2n) is 8.95. The van der Waals surface area contributed by atoms with Crippen molar-refractivity contribution in [2.24, 2.45) is 0 Å². The van der Waals surface area contributed by atoms with Crippen LogP contribution in [0.5, 0.6) is 0 Å². The van der Waals surface area contributed by atoms with Crippen molar-refractivity contribution >= 4 is 25.3 Å². The van der Waals surface area contributed by atoms with Crippen LogP contribution in [0, 0.1) is 0 Å². The minimum Gasteiger partial charge on any atom is -0.356 e. The molecular weight excluding hydrogens is 436 g/mol. The van der Waals surface area contributed by atoms with Gasteiger partial charge in [0, 0.05) is 49.4 Å². The zero-order valence-electron chi connectivity index (χ0n) is 19.2. The number of hydrogen-bond acceptors (Lipinski definition) is 6. The fourth-order valence-electron chi connectivity index (χ4n) is 4.36. The van der Waals surface area contributed by atoms with Crippen molar-refractivity contribution in [3.05, 3.63) is 0 Å². The summed E-state index contributed by atoms with van der Waals surface area (Å²) >= 11 is 2.07. The van der Waals surface area contributed by atoms with Gasteiger partial charge in [0.25, 0.3) is 0 Å². The van der Waals surface area contributed by atoms with Gasteiger partial charge in [-0.2, -0.15) is 16.0 Å². The summed E-state index contributed by atoms with van der Waals surface area (Å²) in [6.45, 7) is 3.01. The summed E-state index contributed by atoms with van der Waals surface area (Å²) in [5.41, 5.74) is 0. The van der Waals surface area contributed by atoms with Crippen molar-refractivity contribution in [3.8, 4) is 0 Å². The van der Waals surface area contributed by atoms with Gasteiger partial charge in [-0.1, -0.05) is 51.4 Å². The molecule has 0 saturated carbocycles. The van der Waals surface area contributed by atoms with Crippen LogP contribution < -0.4 is 16.0 Å². The van der Waals surface area contributed by atoms with E-state index in [1.807, 2.05) is 0 Å². The lowest BCUT2D eigenvalue weighted by molar-refractivity contribution is -0.121. The molecule has 3 N–H and O–H groups in total. The van der Waals surface area contributed by atoms with Crippen LogP contribution in [0.15, 0.2) is 0 Å². The lowest BCUT2D eigenvalue weighted by Gasteiger charge is -2.17. The molecule has 0 aromatic rings. The Bertz CT molecular complexity index is 552. The second kappa shape index (κ2) is 15.7. The molecule has 0 spiro atoms. The lowest BCUT2D eigenvalue weighted by Crippen LogP contribution is -2.36. The predicted molar refractivity (Wildman–Crippen MR) is 129 cm³/mol. The van der Waals surface area contributed by atoms with E-state index >= 15 is 0 Å². The predicted octanol–water partition coefficient (Wildman–Crippen LogP) is 4.99. The highest BCUT2D eigenvalue weighted by Crippen LogP contribution is 2.43. The Hall–Kier alpha value is -0.140. The SMILES string of the molecule is CP(=O)(F)OCCCCCCCCCCCNC(=O)CCCCC1SCC2NCNC21. The van der Waals surface area contributed by atoms with E-state index in [-0.39, 0.29) is 12.5 Å². The average molecular weight is 480 g/mol. The molecule has 0 aromatic carbocycles. The minimum absolute atomic E-state index is 0.203. The standard InChI is InChI=1S/C22H43FN3O3PS/c1-30(23,28)29-16-12-8-6-4-2-3-5-7-11-15-24-21(27)14-10-9-13-20-22-19(17-31-20)25-18-26-22/h19-20,22,25-26H,2-18H2,1H3,(H,24,27). The van der Waals surface area contributed by atoms with E-state index in [2.05, 4.69) is 32.2 Å². The number of amides is 1. The Morgan fingerprint density at radius 2 is 1.71 bits per heavy atom. The maximum absolute atomic E-state index is 12.7. The molecule has 9 heteroatoms.